The van der Waals surface area contributed by atoms with E-state index < -0.39 is 0 Å². The number of amides is 1. The Hall–Kier alpha value is -0.650. The molecule has 5 nitrogen and oxygen atoms in total. The van der Waals surface area contributed by atoms with Gasteiger partial charge in [0.1, 0.15) is 0 Å². The van der Waals surface area contributed by atoms with E-state index in [1.165, 1.54) is 0 Å². The minimum atomic E-state index is -0.246. The van der Waals surface area contributed by atoms with E-state index in [4.69, 9.17) is 9.47 Å². The van der Waals surface area contributed by atoms with Gasteiger partial charge in [0.25, 0.3) is 0 Å². The summed E-state index contributed by atoms with van der Waals surface area (Å²) in [5.74, 6) is 0.115. The Morgan fingerprint density at radius 1 is 1.36 bits per heavy atom. The number of hydrogen-bond acceptors (Lipinski definition) is 4. The fourth-order valence-electron chi connectivity index (χ4n) is 0.902. The molecule has 0 saturated carbocycles. The lowest BCUT2D eigenvalue weighted by Gasteiger charge is -2.14. The zero-order chi connectivity index (χ0) is 11.0. The maximum Gasteiger partial charge on any atom is 0.223 e. The molecular weight excluding hydrogens is 184 g/mol. The third-order valence-corrected chi connectivity index (χ3v) is 1.85. The smallest absolute Gasteiger partial charge is 0.223 e. The molecule has 1 N–H and O–H groups in total. The molecule has 0 aromatic carbocycles. The topological polar surface area (TPSA) is 50.8 Å². The van der Waals surface area contributed by atoms with E-state index in [2.05, 4.69) is 5.32 Å². The first kappa shape index (κ1) is 13.4. The van der Waals surface area contributed by atoms with Gasteiger partial charge in [-0.1, -0.05) is 0 Å². The summed E-state index contributed by atoms with van der Waals surface area (Å²) in [5, 5.41) is 3.08. The number of rotatable bonds is 7. The van der Waals surface area contributed by atoms with Crippen molar-refractivity contribution in [1.29, 1.82) is 0 Å². The standard InChI is InChI=1S/C9H20N2O3/c1-11(2)8(12)5-6-10-7-9(13-3)14-4/h9-10H,5-7H2,1-4H3. The Morgan fingerprint density at radius 3 is 2.36 bits per heavy atom. The van der Waals surface area contributed by atoms with E-state index in [9.17, 15) is 4.79 Å². The number of nitrogens with zero attached hydrogens (tertiary/aromatic N) is 1. The first-order chi connectivity index (χ1) is 6.61. The summed E-state index contributed by atoms with van der Waals surface area (Å²) < 4.78 is 9.95. The van der Waals surface area contributed by atoms with Crippen molar-refractivity contribution in [1.82, 2.24) is 10.2 Å². The zero-order valence-corrected chi connectivity index (χ0v) is 9.37. The molecule has 0 aliphatic rings. The van der Waals surface area contributed by atoms with Gasteiger partial charge in [0.05, 0.1) is 0 Å². The van der Waals surface area contributed by atoms with Crippen LogP contribution in [0.15, 0.2) is 0 Å². The van der Waals surface area contributed by atoms with Crippen LogP contribution in [0.1, 0.15) is 6.42 Å². The third-order valence-electron chi connectivity index (χ3n) is 1.85. The van der Waals surface area contributed by atoms with Gasteiger partial charge in [-0.2, -0.15) is 0 Å². The van der Waals surface area contributed by atoms with E-state index in [1.54, 1.807) is 33.2 Å². The lowest BCUT2D eigenvalue weighted by atomic mass is 10.4. The van der Waals surface area contributed by atoms with Crippen LogP contribution < -0.4 is 5.32 Å². The van der Waals surface area contributed by atoms with Crippen LogP contribution in [0.2, 0.25) is 0 Å². The molecule has 84 valence electrons. The zero-order valence-electron chi connectivity index (χ0n) is 9.37. The van der Waals surface area contributed by atoms with Crippen LogP contribution in [0, 0.1) is 0 Å². The average molecular weight is 204 g/mol. The van der Waals surface area contributed by atoms with Gasteiger partial charge in [-0.05, 0) is 0 Å². The molecule has 0 bridgehead atoms. The molecule has 1 amide bonds. The Bertz CT molecular complexity index is 158. The molecule has 0 aliphatic heterocycles. The molecule has 0 atom stereocenters. The number of carbonyl (C=O) groups is 1. The lowest BCUT2D eigenvalue weighted by molar-refractivity contribution is -0.128. The molecule has 0 aliphatic carbocycles. The summed E-state index contributed by atoms with van der Waals surface area (Å²) in [6, 6.07) is 0. The maximum atomic E-state index is 11.2. The van der Waals surface area contributed by atoms with E-state index in [-0.39, 0.29) is 12.2 Å². The predicted octanol–water partition coefficient (Wildman–Crippen LogP) is -0.327. The summed E-state index contributed by atoms with van der Waals surface area (Å²) in [6.07, 6.45) is 0.247. The Labute approximate surface area is 85.4 Å². The third kappa shape index (κ3) is 5.90. The van der Waals surface area contributed by atoms with E-state index >= 15 is 0 Å². The second-order valence-electron chi connectivity index (χ2n) is 3.14. The van der Waals surface area contributed by atoms with Gasteiger partial charge >= 0.3 is 0 Å². The molecule has 0 heterocycles. The molecule has 0 aromatic rings. The number of carbonyl (C=O) groups excluding carboxylic acids is 1. The summed E-state index contributed by atoms with van der Waals surface area (Å²) in [5.41, 5.74) is 0. The van der Waals surface area contributed by atoms with Crippen molar-refractivity contribution in [3.63, 3.8) is 0 Å². The van der Waals surface area contributed by atoms with Gasteiger partial charge in [-0.25, -0.2) is 0 Å². The fraction of sp³-hybridized carbons (Fsp3) is 0.889. The second-order valence-corrected chi connectivity index (χ2v) is 3.14. The van der Waals surface area contributed by atoms with E-state index in [0.717, 1.165) is 0 Å². The summed E-state index contributed by atoms with van der Waals surface area (Å²) >= 11 is 0. The number of hydrogen-bond donors (Lipinski definition) is 1. The highest BCUT2D eigenvalue weighted by Crippen LogP contribution is 1.89. The molecular formula is C9H20N2O3. The minimum Gasteiger partial charge on any atom is -0.355 e. The molecule has 0 rings (SSSR count). The lowest BCUT2D eigenvalue weighted by Crippen LogP contribution is -2.33. The second kappa shape index (κ2) is 7.73. The molecule has 0 spiro atoms. The van der Waals surface area contributed by atoms with Crippen molar-refractivity contribution in [2.45, 2.75) is 12.7 Å². The highest BCUT2D eigenvalue weighted by atomic mass is 16.7. The predicted molar refractivity (Wildman–Crippen MR) is 54.0 cm³/mol. The largest absolute Gasteiger partial charge is 0.355 e. The minimum absolute atomic E-state index is 0.115. The average Bonchev–Trinajstić information content (AvgIpc) is 2.17. The van der Waals surface area contributed by atoms with Crippen molar-refractivity contribution in [3.8, 4) is 0 Å². The van der Waals surface area contributed by atoms with Gasteiger partial charge < -0.3 is 19.7 Å². The molecule has 5 heteroatoms. The molecule has 14 heavy (non-hydrogen) atoms. The summed E-state index contributed by atoms with van der Waals surface area (Å²) in [6.45, 7) is 1.23. The van der Waals surface area contributed by atoms with Crippen LogP contribution in [0.4, 0.5) is 0 Å². The molecule has 0 aromatic heterocycles. The van der Waals surface area contributed by atoms with Crippen LogP contribution in [-0.4, -0.2) is 58.5 Å². The Balaban J connectivity index is 3.41. The van der Waals surface area contributed by atoms with Gasteiger partial charge in [0.2, 0.25) is 5.91 Å². The molecule has 0 radical (unpaired) electrons. The number of ether oxygens (including phenoxy) is 2. The number of methoxy groups -OCH3 is 2. The van der Waals surface area contributed by atoms with Crippen LogP contribution in [-0.2, 0) is 14.3 Å². The van der Waals surface area contributed by atoms with E-state index in [1.807, 2.05) is 0 Å². The first-order valence-corrected chi connectivity index (χ1v) is 4.58. The van der Waals surface area contributed by atoms with E-state index in [0.29, 0.717) is 19.5 Å². The summed E-state index contributed by atoms with van der Waals surface area (Å²) in [7, 11) is 6.66. The SMILES string of the molecule is COC(CNCCC(=O)N(C)C)OC. The molecule has 0 saturated heterocycles. The Morgan fingerprint density at radius 2 is 1.93 bits per heavy atom. The van der Waals surface area contributed by atoms with Gasteiger partial charge in [0.15, 0.2) is 6.29 Å². The Kier molecular flexibility index (Phi) is 7.37. The van der Waals surface area contributed by atoms with Gasteiger partial charge in [-0.15, -0.1) is 0 Å². The number of nitrogens with one attached hydrogen (secondary N) is 1. The normalized spacial score (nSPS) is 10.6. The van der Waals surface area contributed by atoms with Crippen LogP contribution >= 0.6 is 0 Å². The molecule has 0 unspecified atom stereocenters. The fourth-order valence-corrected chi connectivity index (χ4v) is 0.902. The van der Waals surface area contributed by atoms with Crippen molar-refractivity contribution < 1.29 is 14.3 Å². The summed E-state index contributed by atoms with van der Waals surface area (Å²) in [4.78, 5) is 12.7. The van der Waals surface area contributed by atoms with Crippen molar-refractivity contribution in [2.75, 3.05) is 41.4 Å². The van der Waals surface area contributed by atoms with Crippen molar-refractivity contribution in [3.05, 3.63) is 0 Å². The quantitative estimate of drug-likeness (QED) is 0.456. The highest BCUT2D eigenvalue weighted by Gasteiger charge is 2.05. The molecule has 0 fully saturated rings. The highest BCUT2D eigenvalue weighted by molar-refractivity contribution is 5.75. The first-order valence-electron chi connectivity index (χ1n) is 4.58. The van der Waals surface area contributed by atoms with Crippen molar-refractivity contribution in [2.24, 2.45) is 0 Å². The van der Waals surface area contributed by atoms with Gasteiger partial charge in [-0.3, -0.25) is 4.79 Å². The van der Waals surface area contributed by atoms with Crippen molar-refractivity contribution >= 4 is 5.91 Å². The van der Waals surface area contributed by atoms with Crippen LogP contribution in [0.5, 0.6) is 0 Å². The van der Waals surface area contributed by atoms with Gasteiger partial charge in [0, 0.05) is 47.8 Å². The van der Waals surface area contributed by atoms with Crippen LogP contribution in [0.25, 0.3) is 0 Å². The van der Waals surface area contributed by atoms with Crippen LogP contribution in [0.3, 0.4) is 0 Å². The monoisotopic (exact) mass is 204 g/mol. The maximum absolute atomic E-state index is 11.2.